The molecule has 0 bridgehead atoms. The van der Waals surface area contributed by atoms with Crippen LogP contribution in [-0.4, -0.2) is 36.3 Å². The molecule has 0 unspecified atom stereocenters. The van der Waals surface area contributed by atoms with Gasteiger partial charge in [0.25, 0.3) is 0 Å². The third kappa shape index (κ3) is 3.48. The van der Waals surface area contributed by atoms with Crippen LogP contribution in [0.15, 0.2) is 12.1 Å². The van der Waals surface area contributed by atoms with Crippen molar-refractivity contribution in [3.8, 4) is 5.88 Å². The predicted molar refractivity (Wildman–Crippen MR) is 73.5 cm³/mol. The number of ether oxygens (including phenoxy) is 1. The van der Waals surface area contributed by atoms with Crippen LogP contribution >= 0.6 is 11.6 Å². The lowest BCUT2D eigenvalue weighted by molar-refractivity contribution is 0.375. The van der Waals surface area contributed by atoms with Crippen molar-refractivity contribution in [1.82, 2.24) is 10.2 Å². The molecule has 0 spiro atoms. The summed E-state index contributed by atoms with van der Waals surface area (Å²) in [5, 5.41) is 8.20. The van der Waals surface area contributed by atoms with Gasteiger partial charge in [-0.2, -0.15) is 0 Å². The van der Waals surface area contributed by atoms with Crippen LogP contribution in [0, 0.1) is 5.92 Å². The van der Waals surface area contributed by atoms with Crippen LogP contribution < -0.4 is 9.64 Å². The molecule has 2 rings (SSSR count). The molecule has 0 atom stereocenters. The molecule has 0 amide bonds. The third-order valence-corrected chi connectivity index (χ3v) is 3.79. The lowest BCUT2D eigenvalue weighted by Gasteiger charge is -2.32. The van der Waals surface area contributed by atoms with Crippen LogP contribution in [0.25, 0.3) is 0 Å². The highest BCUT2D eigenvalue weighted by Crippen LogP contribution is 2.25. The molecule has 18 heavy (non-hydrogen) atoms. The predicted octanol–water partition coefficient (Wildman–Crippen LogP) is 2.72. The Morgan fingerprint density at radius 2 is 2.11 bits per heavy atom. The van der Waals surface area contributed by atoms with Crippen LogP contribution in [0.3, 0.4) is 0 Å². The zero-order valence-corrected chi connectivity index (χ0v) is 11.6. The molecule has 0 aliphatic carbocycles. The lowest BCUT2D eigenvalue weighted by Crippen LogP contribution is -2.34. The smallest absolute Gasteiger partial charge is 0.233 e. The Morgan fingerprint density at radius 1 is 1.33 bits per heavy atom. The number of methoxy groups -OCH3 is 1. The molecule has 1 fully saturated rings. The first-order valence-corrected chi connectivity index (χ1v) is 7.05. The minimum absolute atomic E-state index is 0.566. The molecular formula is C13H20ClN3O. The van der Waals surface area contributed by atoms with Crippen LogP contribution in [0.1, 0.15) is 25.7 Å². The number of hydrogen-bond donors (Lipinski definition) is 0. The van der Waals surface area contributed by atoms with Gasteiger partial charge in [-0.3, -0.25) is 0 Å². The van der Waals surface area contributed by atoms with Crippen LogP contribution in [0.5, 0.6) is 5.88 Å². The highest BCUT2D eigenvalue weighted by Gasteiger charge is 2.19. The number of rotatable bonds is 5. The minimum Gasteiger partial charge on any atom is -0.480 e. The average Bonchev–Trinajstić information content (AvgIpc) is 2.46. The van der Waals surface area contributed by atoms with Gasteiger partial charge in [0.05, 0.1) is 7.11 Å². The number of alkyl halides is 1. The summed E-state index contributed by atoms with van der Waals surface area (Å²) >= 11 is 5.73. The second-order valence-electron chi connectivity index (χ2n) is 4.70. The van der Waals surface area contributed by atoms with Gasteiger partial charge < -0.3 is 9.64 Å². The summed E-state index contributed by atoms with van der Waals surface area (Å²) < 4.78 is 5.01. The van der Waals surface area contributed by atoms with Gasteiger partial charge >= 0.3 is 0 Å². The summed E-state index contributed by atoms with van der Waals surface area (Å²) in [5.74, 6) is 3.12. The van der Waals surface area contributed by atoms with Gasteiger partial charge in [0.2, 0.25) is 5.88 Å². The van der Waals surface area contributed by atoms with Crippen molar-refractivity contribution in [2.45, 2.75) is 25.7 Å². The first kappa shape index (κ1) is 13.4. The fourth-order valence-corrected chi connectivity index (χ4v) is 2.56. The zero-order valence-electron chi connectivity index (χ0n) is 10.8. The standard InChI is InChI=1S/C13H20ClN3O/c1-18-13-5-4-12(15-16-13)17-9-6-11(7-10-17)3-2-8-14/h4-5,11H,2-3,6-10H2,1H3. The quantitative estimate of drug-likeness (QED) is 0.771. The second-order valence-corrected chi connectivity index (χ2v) is 5.07. The lowest BCUT2D eigenvalue weighted by atomic mass is 9.92. The summed E-state index contributed by atoms with van der Waals surface area (Å²) in [4.78, 5) is 2.30. The minimum atomic E-state index is 0.566. The maximum atomic E-state index is 5.73. The van der Waals surface area contributed by atoms with Crippen molar-refractivity contribution in [3.63, 3.8) is 0 Å². The second kappa shape index (κ2) is 6.78. The van der Waals surface area contributed by atoms with E-state index in [9.17, 15) is 0 Å². The highest BCUT2D eigenvalue weighted by atomic mass is 35.5. The van der Waals surface area contributed by atoms with Crippen molar-refractivity contribution in [1.29, 1.82) is 0 Å². The Hall–Kier alpha value is -1.03. The highest BCUT2D eigenvalue weighted by molar-refractivity contribution is 6.17. The number of hydrogen-bond acceptors (Lipinski definition) is 4. The Labute approximate surface area is 113 Å². The van der Waals surface area contributed by atoms with E-state index in [2.05, 4.69) is 15.1 Å². The maximum absolute atomic E-state index is 5.73. The fraction of sp³-hybridized carbons (Fsp3) is 0.692. The van der Waals surface area contributed by atoms with E-state index in [4.69, 9.17) is 16.3 Å². The van der Waals surface area contributed by atoms with Gasteiger partial charge in [-0.15, -0.1) is 21.8 Å². The molecule has 0 aromatic carbocycles. The number of nitrogens with zero attached hydrogens (tertiary/aromatic N) is 3. The van der Waals surface area contributed by atoms with Crippen molar-refractivity contribution in [3.05, 3.63) is 12.1 Å². The number of anilines is 1. The Bertz CT molecular complexity index is 350. The molecule has 100 valence electrons. The van der Waals surface area contributed by atoms with E-state index in [1.54, 1.807) is 7.11 Å². The van der Waals surface area contributed by atoms with Crippen molar-refractivity contribution in [2.24, 2.45) is 5.92 Å². The summed E-state index contributed by atoms with van der Waals surface area (Å²) in [6.07, 6.45) is 4.84. The summed E-state index contributed by atoms with van der Waals surface area (Å²) in [6.45, 7) is 2.13. The van der Waals surface area contributed by atoms with E-state index in [-0.39, 0.29) is 0 Å². The van der Waals surface area contributed by atoms with Gasteiger partial charge in [-0.05, 0) is 37.7 Å². The van der Waals surface area contributed by atoms with Gasteiger partial charge in [0, 0.05) is 25.0 Å². The molecule has 0 radical (unpaired) electrons. The van der Waals surface area contributed by atoms with E-state index in [1.807, 2.05) is 12.1 Å². The van der Waals surface area contributed by atoms with E-state index >= 15 is 0 Å². The number of aromatic nitrogens is 2. The topological polar surface area (TPSA) is 38.2 Å². The Kier molecular flexibility index (Phi) is 5.05. The average molecular weight is 270 g/mol. The molecule has 0 saturated carbocycles. The summed E-state index contributed by atoms with van der Waals surface area (Å²) in [7, 11) is 1.60. The largest absolute Gasteiger partial charge is 0.480 e. The molecule has 0 N–H and O–H groups in total. The fourth-order valence-electron chi connectivity index (χ4n) is 2.41. The molecule has 1 saturated heterocycles. The molecule has 5 heteroatoms. The third-order valence-electron chi connectivity index (χ3n) is 3.52. The molecular weight excluding hydrogens is 250 g/mol. The van der Waals surface area contributed by atoms with Crippen molar-refractivity contribution >= 4 is 17.4 Å². The van der Waals surface area contributed by atoms with Crippen LogP contribution in [0.2, 0.25) is 0 Å². The molecule has 1 aliphatic heterocycles. The molecule has 1 aromatic heterocycles. The normalized spacial score (nSPS) is 16.9. The summed E-state index contributed by atoms with van der Waals surface area (Å²) in [5.41, 5.74) is 0. The van der Waals surface area contributed by atoms with Gasteiger partial charge in [0.15, 0.2) is 5.82 Å². The van der Waals surface area contributed by atoms with E-state index < -0.39 is 0 Å². The Morgan fingerprint density at radius 3 is 2.67 bits per heavy atom. The van der Waals surface area contributed by atoms with Gasteiger partial charge in [-0.25, -0.2) is 0 Å². The van der Waals surface area contributed by atoms with E-state index in [0.717, 1.165) is 37.1 Å². The van der Waals surface area contributed by atoms with E-state index in [1.165, 1.54) is 19.3 Å². The monoisotopic (exact) mass is 269 g/mol. The maximum Gasteiger partial charge on any atom is 0.233 e. The van der Waals surface area contributed by atoms with Crippen molar-refractivity contribution in [2.75, 3.05) is 31.0 Å². The van der Waals surface area contributed by atoms with Gasteiger partial charge in [-0.1, -0.05) is 0 Å². The van der Waals surface area contributed by atoms with Gasteiger partial charge in [0.1, 0.15) is 0 Å². The van der Waals surface area contributed by atoms with E-state index in [0.29, 0.717) is 5.88 Å². The van der Waals surface area contributed by atoms with Crippen LogP contribution in [0.4, 0.5) is 5.82 Å². The van der Waals surface area contributed by atoms with Crippen LogP contribution in [-0.2, 0) is 0 Å². The molecule has 1 aromatic rings. The van der Waals surface area contributed by atoms with Crippen molar-refractivity contribution < 1.29 is 4.74 Å². The SMILES string of the molecule is COc1ccc(N2CCC(CCCCl)CC2)nn1. The Balaban J connectivity index is 1.84. The molecule has 4 nitrogen and oxygen atoms in total. The number of halogens is 1. The number of piperidine rings is 1. The first-order chi connectivity index (χ1) is 8.83. The molecule has 1 aliphatic rings. The summed E-state index contributed by atoms with van der Waals surface area (Å²) in [6, 6.07) is 3.84. The first-order valence-electron chi connectivity index (χ1n) is 6.52. The zero-order chi connectivity index (χ0) is 12.8. The molecule has 2 heterocycles.